The van der Waals surface area contributed by atoms with Gasteiger partial charge in [0.2, 0.25) is 0 Å². The van der Waals surface area contributed by atoms with E-state index in [0.717, 1.165) is 22.6 Å². The molecule has 0 radical (unpaired) electrons. The van der Waals surface area contributed by atoms with Crippen molar-refractivity contribution >= 4 is 0 Å². The Morgan fingerprint density at radius 3 is 1.21 bits per heavy atom. The summed E-state index contributed by atoms with van der Waals surface area (Å²) in [5.41, 5.74) is 2.19. The summed E-state index contributed by atoms with van der Waals surface area (Å²) in [6, 6.07) is 4.32. The van der Waals surface area contributed by atoms with Gasteiger partial charge in [0.1, 0.15) is 13.2 Å². The van der Waals surface area contributed by atoms with Gasteiger partial charge >= 0.3 is 0 Å². The first-order valence-corrected chi connectivity index (χ1v) is 8.54. The summed E-state index contributed by atoms with van der Waals surface area (Å²) >= 11 is 0. The van der Waals surface area contributed by atoms with Crippen molar-refractivity contribution in [2.75, 3.05) is 40.6 Å². The van der Waals surface area contributed by atoms with Crippen molar-refractivity contribution in [2.24, 2.45) is 0 Å². The minimum Gasteiger partial charge on any atom is -0.487 e. The third kappa shape index (κ3) is 5.67. The monoisotopic (exact) mass is 338 g/mol. The molecule has 0 fully saturated rings. The number of hydrogen-bond donors (Lipinski definition) is 0. The van der Waals surface area contributed by atoms with Crippen LogP contribution in [0.4, 0.5) is 0 Å². The molecular formula is C20H34O4. The van der Waals surface area contributed by atoms with Crippen molar-refractivity contribution in [1.82, 2.24) is 0 Å². The molecular weight excluding hydrogens is 304 g/mol. The molecule has 24 heavy (non-hydrogen) atoms. The molecule has 0 heterocycles. The van der Waals surface area contributed by atoms with Gasteiger partial charge in [-0.15, -0.1) is 0 Å². The molecule has 0 aliphatic rings. The normalized spacial score (nSPS) is 12.3. The maximum Gasteiger partial charge on any atom is 0.165 e. The predicted octanol–water partition coefficient (Wildman–Crippen LogP) is 4.33. The predicted molar refractivity (Wildman–Crippen MR) is 98.6 cm³/mol. The molecule has 0 amide bonds. The highest BCUT2D eigenvalue weighted by atomic mass is 16.5. The van der Waals surface area contributed by atoms with Crippen LogP contribution < -0.4 is 9.47 Å². The fraction of sp³-hybridized carbons (Fsp3) is 0.700. The molecule has 138 valence electrons. The van der Waals surface area contributed by atoms with Crippen LogP contribution in [0.15, 0.2) is 12.1 Å². The Hall–Kier alpha value is -1.26. The smallest absolute Gasteiger partial charge is 0.165 e. The van der Waals surface area contributed by atoms with Crippen LogP contribution in [-0.2, 0) is 20.3 Å². The van der Waals surface area contributed by atoms with E-state index in [0.29, 0.717) is 26.4 Å². The number of methoxy groups -OCH3 is 2. The van der Waals surface area contributed by atoms with Gasteiger partial charge in [0.15, 0.2) is 11.5 Å². The first-order chi connectivity index (χ1) is 11.1. The van der Waals surface area contributed by atoms with Gasteiger partial charge in [-0.1, -0.05) is 53.7 Å². The van der Waals surface area contributed by atoms with Gasteiger partial charge in [0.05, 0.1) is 13.2 Å². The summed E-state index contributed by atoms with van der Waals surface area (Å²) < 4.78 is 22.5. The van der Waals surface area contributed by atoms with Crippen LogP contribution in [-0.4, -0.2) is 40.6 Å². The summed E-state index contributed by atoms with van der Waals surface area (Å²) in [6.45, 7) is 15.2. The number of benzene rings is 1. The Morgan fingerprint density at radius 1 is 0.625 bits per heavy atom. The van der Waals surface area contributed by atoms with Crippen molar-refractivity contribution in [3.63, 3.8) is 0 Å². The fourth-order valence-electron chi connectivity index (χ4n) is 2.48. The van der Waals surface area contributed by atoms with Crippen LogP contribution in [0.1, 0.15) is 52.7 Å². The van der Waals surface area contributed by atoms with E-state index in [2.05, 4.69) is 53.7 Å². The lowest BCUT2D eigenvalue weighted by molar-refractivity contribution is 0.130. The number of hydrogen-bond acceptors (Lipinski definition) is 4. The zero-order valence-electron chi connectivity index (χ0n) is 16.6. The first-order valence-electron chi connectivity index (χ1n) is 8.54. The van der Waals surface area contributed by atoms with Crippen molar-refractivity contribution in [3.8, 4) is 11.5 Å². The minimum atomic E-state index is -0.0435. The Balaban J connectivity index is 3.40. The Morgan fingerprint density at radius 2 is 0.958 bits per heavy atom. The number of ether oxygens (including phenoxy) is 4. The van der Waals surface area contributed by atoms with Gasteiger partial charge in [-0.3, -0.25) is 0 Å². The fourth-order valence-corrected chi connectivity index (χ4v) is 2.48. The SMILES string of the molecule is COCCOc1c(C(C)(C)C)ccc(C(C)(C)C)c1OCCOC. The van der Waals surface area contributed by atoms with Crippen LogP contribution in [0.5, 0.6) is 11.5 Å². The molecule has 0 aliphatic carbocycles. The molecule has 1 aromatic rings. The summed E-state index contributed by atoms with van der Waals surface area (Å²) in [4.78, 5) is 0. The van der Waals surface area contributed by atoms with Crippen molar-refractivity contribution in [2.45, 2.75) is 52.4 Å². The lowest BCUT2D eigenvalue weighted by Gasteiger charge is -2.30. The van der Waals surface area contributed by atoms with Crippen molar-refractivity contribution in [3.05, 3.63) is 23.3 Å². The maximum atomic E-state index is 6.11. The zero-order valence-corrected chi connectivity index (χ0v) is 16.6. The quantitative estimate of drug-likeness (QED) is 0.661. The maximum absolute atomic E-state index is 6.11. The molecule has 0 atom stereocenters. The summed E-state index contributed by atoms with van der Waals surface area (Å²) in [7, 11) is 3.35. The van der Waals surface area contributed by atoms with Crippen LogP contribution >= 0.6 is 0 Å². The topological polar surface area (TPSA) is 36.9 Å². The van der Waals surface area contributed by atoms with Crippen molar-refractivity contribution < 1.29 is 18.9 Å². The molecule has 1 aromatic carbocycles. The van der Waals surface area contributed by atoms with E-state index >= 15 is 0 Å². The molecule has 0 N–H and O–H groups in total. The van der Waals surface area contributed by atoms with E-state index < -0.39 is 0 Å². The van der Waals surface area contributed by atoms with E-state index in [-0.39, 0.29) is 10.8 Å². The van der Waals surface area contributed by atoms with Gasteiger partial charge in [-0.05, 0) is 10.8 Å². The van der Waals surface area contributed by atoms with Gasteiger partial charge in [-0.2, -0.15) is 0 Å². The molecule has 0 aliphatic heterocycles. The van der Waals surface area contributed by atoms with E-state index in [1.165, 1.54) is 0 Å². The third-order valence-electron chi connectivity index (χ3n) is 3.80. The Kier molecular flexibility index (Phi) is 7.56. The van der Waals surface area contributed by atoms with Crippen LogP contribution in [0.2, 0.25) is 0 Å². The zero-order chi connectivity index (χ0) is 18.4. The molecule has 0 bridgehead atoms. The lowest BCUT2D eigenvalue weighted by atomic mass is 9.80. The van der Waals surface area contributed by atoms with E-state index in [4.69, 9.17) is 18.9 Å². The van der Waals surface area contributed by atoms with E-state index in [9.17, 15) is 0 Å². The second-order valence-electron chi connectivity index (χ2n) is 8.00. The highest BCUT2D eigenvalue weighted by Crippen LogP contribution is 2.44. The van der Waals surface area contributed by atoms with Crippen LogP contribution in [0, 0.1) is 0 Å². The van der Waals surface area contributed by atoms with Gasteiger partial charge in [0, 0.05) is 25.3 Å². The second-order valence-corrected chi connectivity index (χ2v) is 8.00. The summed E-state index contributed by atoms with van der Waals surface area (Å²) in [5, 5.41) is 0. The molecule has 4 nitrogen and oxygen atoms in total. The lowest BCUT2D eigenvalue weighted by Crippen LogP contribution is -2.20. The van der Waals surface area contributed by atoms with Gasteiger partial charge < -0.3 is 18.9 Å². The molecule has 1 rings (SSSR count). The Bertz CT molecular complexity index is 463. The highest BCUT2D eigenvalue weighted by molar-refractivity contribution is 5.56. The molecule has 0 saturated heterocycles. The molecule has 0 aromatic heterocycles. The molecule has 0 spiro atoms. The number of rotatable bonds is 8. The van der Waals surface area contributed by atoms with Gasteiger partial charge in [0.25, 0.3) is 0 Å². The molecule has 0 unspecified atom stereocenters. The summed E-state index contributed by atoms with van der Waals surface area (Å²) in [5.74, 6) is 1.64. The third-order valence-corrected chi connectivity index (χ3v) is 3.80. The van der Waals surface area contributed by atoms with E-state index in [1.807, 2.05) is 0 Å². The highest BCUT2D eigenvalue weighted by Gasteiger charge is 2.28. The average Bonchev–Trinajstić information content (AvgIpc) is 2.46. The summed E-state index contributed by atoms with van der Waals surface area (Å²) in [6.07, 6.45) is 0. The molecule has 4 heteroatoms. The van der Waals surface area contributed by atoms with E-state index in [1.54, 1.807) is 14.2 Å². The largest absolute Gasteiger partial charge is 0.487 e. The first kappa shape index (κ1) is 20.8. The van der Waals surface area contributed by atoms with Crippen molar-refractivity contribution in [1.29, 1.82) is 0 Å². The average molecular weight is 338 g/mol. The standard InChI is InChI=1S/C20H34O4/c1-19(2,3)15-9-10-16(20(4,5)6)18(24-14-12-22-8)17(15)23-13-11-21-7/h9-10H,11-14H2,1-8H3. The van der Waals surface area contributed by atoms with Gasteiger partial charge in [-0.25, -0.2) is 0 Å². The van der Waals surface area contributed by atoms with Crippen LogP contribution in [0.3, 0.4) is 0 Å². The van der Waals surface area contributed by atoms with Crippen LogP contribution in [0.25, 0.3) is 0 Å². The molecule has 0 saturated carbocycles. The minimum absolute atomic E-state index is 0.0435. The Labute approximate surface area is 147 Å². The second kappa shape index (κ2) is 8.72.